The second-order valence-corrected chi connectivity index (χ2v) is 7.01. The highest BCUT2D eigenvalue weighted by Crippen LogP contribution is 2.15. The molecule has 3 aromatic rings. The van der Waals surface area contributed by atoms with Crippen LogP contribution in [0.1, 0.15) is 22.3 Å². The predicted molar refractivity (Wildman–Crippen MR) is 114 cm³/mol. The number of benzene rings is 3. The number of hydrogen-bond donors (Lipinski definition) is 1. The molecule has 0 heterocycles. The summed E-state index contributed by atoms with van der Waals surface area (Å²) in [5.74, 6) is 0. The molecule has 0 aromatic heterocycles. The molecule has 0 amide bonds. The summed E-state index contributed by atoms with van der Waals surface area (Å²) in [4.78, 5) is 2.21. The molecule has 2 nitrogen and oxygen atoms in total. The van der Waals surface area contributed by atoms with Crippen molar-refractivity contribution in [2.45, 2.75) is 26.9 Å². The minimum Gasteiger partial charge on any atom is -0.340 e. The Hall–Kier alpha value is -2.65. The maximum absolute atomic E-state index is 5.74. The Morgan fingerprint density at radius 1 is 0.769 bits per heavy atom. The van der Waals surface area contributed by atoms with Gasteiger partial charge in [-0.3, -0.25) is 0 Å². The van der Waals surface area contributed by atoms with Crippen molar-refractivity contribution >= 4 is 23.0 Å². The number of aryl methyl sites for hydroxylation is 2. The van der Waals surface area contributed by atoms with Crippen molar-refractivity contribution in [3.8, 4) is 0 Å². The summed E-state index contributed by atoms with van der Waals surface area (Å²) < 4.78 is 0. The Morgan fingerprint density at radius 3 is 2.12 bits per heavy atom. The molecule has 0 saturated heterocycles. The lowest BCUT2D eigenvalue weighted by Gasteiger charge is -2.26. The van der Waals surface area contributed by atoms with E-state index in [4.69, 9.17) is 12.2 Å². The van der Waals surface area contributed by atoms with Crippen LogP contribution in [0.25, 0.3) is 0 Å². The van der Waals surface area contributed by atoms with Gasteiger partial charge in [0.15, 0.2) is 5.11 Å². The maximum Gasteiger partial charge on any atom is 0.174 e. The summed E-state index contributed by atoms with van der Waals surface area (Å²) in [5, 5.41) is 4.12. The molecule has 0 unspecified atom stereocenters. The first-order valence-electron chi connectivity index (χ1n) is 8.82. The van der Waals surface area contributed by atoms with Crippen LogP contribution in [0.2, 0.25) is 0 Å². The van der Waals surface area contributed by atoms with Crippen molar-refractivity contribution in [1.82, 2.24) is 4.90 Å². The van der Waals surface area contributed by atoms with Gasteiger partial charge in [-0.1, -0.05) is 77.9 Å². The van der Waals surface area contributed by atoms with Gasteiger partial charge in [0.1, 0.15) is 0 Å². The number of anilines is 1. The van der Waals surface area contributed by atoms with Crippen molar-refractivity contribution in [2.75, 3.05) is 5.32 Å². The molecule has 0 radical (unpaired) electrons. The summed E-state index contributed by atoms with van der Waals surface area (Å²) in [7, 11) is 0. The molecule has 3 rings (SSSR count). The number of thiocarbonyl (C=S) groups is 1. The lowest BCUT2D eigenvalue weighted by atomic mass is 10.1. The molecule has 0 aliphatic heterocycles. The summed E-state index contributed by atoms with van der Waals surface area (Å²) in [6.07, 6.45) is 0. The van der Waals surface area contributed by atoms with Gasteiger partial charge in [0.05, 0.1) is 0 Å². The second-order valence-electron chi connectivity index (χ2n) is 6.63. The predicted octanol–water partition coefficient (Wildman–Crippen LogP) is 5.70. The van der Waals surface area contributed by atoms with E-state index in [0.29, 0.717) is 0 Å². The van der Waals surface area contributed by atoms with Crippen LogP contribution in [0, 0.1) is 13.8 Å². The highest BCUT2D eigenvalue weighted by Gasteiger charge is 2.12. The van der Waals surface area contributed by atoms with Gasteiger partial charge in [-0.05, 0) is 49.3 Å². The maximum atomic E-state index is 5.74. The zero-order valence-corrected chi connectivity index (χ0v) is 16.1. The fourth-order valence-electron chi connectivity index (χ4n) is 2.87. The summed E-state index contributed by atoms with van der Waals surface area (Å²) in [5.41, 5.74) is 6.02. The van der Waals surface area contributed by atoms with Crippen LogP contribution in [0.4, 0.5) is 5.69 Å². The number of hydrogen-bond acceptors (Lipinski definition) is 1. The van der Waals surface area contributed by atoms with Crippen molar-refractivity contribution in [2.24, 2.45) is 0 Å². The first kappa shape index (κ1) is 18.2. The van der Waals surface area contributed by atoms with Crippen molar-refractivity contribution < 1.29 is 0 Å². The molecule has 132 valence electrons. The molecule has 26 heavy (non-hydrogen) atoms. The van der Waals surface area contributed by atoms with Gasteiger partial charge in [0, 0.05) is 18.8 Å². The molecule has 0 saturated carbocycles. The number of rotatable bonds is 5. The first-order valence-corrected chi connectivity index (χ1v) is 9.23. The smallest absolute Gasteiger partial charge is 0.174 e. The number of nitrogens with one attached hydrogen (secondary N) is 1. The van der Waals surface area contributed by atoms with E-state index in [1.807, 2.05) is 6.07 Å². The van der Waals surface area contributed by atoms with Gasteiger partial charge in [-0.2, -0.15) is 0 Å². The standard InChI is InChI=1S/C23H24N2S/c1-18-11-13-22(14-12-18)24-23(26)25(16-20-8-4-3-5-9-20)17-21-10-6-7-19(2)15-21/h3-15H,16-17H2,1-2H3,(H,24,26). The van der Waals surface area contributed by atoms with Crippen molar-refractivity contribution in [3.63, 3.8) is 0 Å². The largest absolute Gasteiger partial charge is 0.340 e. The monoisotopic (exact) mass is 360 g/mol. The SMILES string of the molecule is Cc1ccc(NC(=S)N(Cc2ccccc2)Cc2cccc(C)c2)cc1. The third kappa shape index (κ3) is 5.17. The molecule has 0 aliphatic carbocycles. The summed E-state index contributed by atoms with van der Waals surface area (Å²) >= 11 is 5.74. The van der Waals surface area contributed by atoms with E-state index in [2.05, 4.69) is 96.9 Å². The van der Waals surface area contributed by atoms with Gasteiger partial charge in [-0.15, -0.1) is 0 Å². The fraction of sp³-hybridized carbons (Fsp3) is 0.174. The minimum absolute atomic E-state index is 0.735. The van der Waals surface area contributed by atoms with Crippen molar-refractivity contribution in [3.05, 3.63) is 101 Å². The first-order chi connectivity index (χ1) is 12.6. The molecule has 3 heteroatoms. The molecule has 0 aliphatic rings. The number of nitrogens with zero attached hydrogens (tertiary/aromatic N) is 1. The fourth-order valence-corrected chi connectivity index (χ4v) is 3.12. The zero-order chi connectivity index (χ0) is 18.4. The van der Waals surface area contributed by atoms with E-state index < -0.39 is 0 Å². The van der Waals surface area contributed by atoms with Gasteiger partial charge in [0.2, 0.25) is 0 Å². The molecule has 0 spiro atoms. The molecule has 1 N–H and O–H groups in total. The quantitative estimate of drug-likeness (QED) is 0.587. The Labute approximate surface area is 161 Å². The van der Waals surface area contributed by atoms with Crippen LogP contribution in [0.3, 0.4) is 0 Å². The third-order valence-corrected chi connectivity index (χ3v) is 4.62. The second kappa shape index (κ2) is 8.63. The van der Waals surface area contributed by atoms with Crippen LogP contribution in [-0.4, -0.2) is 10.0 Å². The molecule has 0 atom stereocenters. The van der Waals surface area contributed by atoms with E-state index in [0.717, 1.165) is 23.9 Å². The van der Waals surface area contributed by atoms with E-state index >= 15 is 0 Å². The molecular formula is C23H24N2S. The zero-order valence-electron chi connectivity index (χ0n) is 15.3. The molecule has 3 aromatic carbocycles. The van der Waals surface area contributed by atoms with Gasteiger partial charge in [-0.25, -0.2) is 0 Å². The lowest BCUT2D eigenvalue weighted by Crippen LogP contribution is -2.33. The Morgan fingerprint density at radius 2 is 1.42 bits per heavy atom. The highest BCUT2D eigenvalue weighted by atomic mass is 32.1. The van der Waals surface area contributed by atoms with Crippen LogP contribution in [-0.2, 0) is 13.1 Å². The molecule has 0 fully saturated rings. The highest BCUT2D eigenvalue weighted by molar-refractivity contribution is 7.80. The molecular weight excluding hydrogens is 336 g/mol. The Kier molecular flexibility index (Phi) is 6.03. The minimum atomic E-state index is 0.735. The van der Waals surface area contributed by atoms with Crippen LogP contribution >= 0.6 is 12.2 Å². The summed E-state index contributed by atoms with van der Waals surface area (Å²) in [6.45, 7) is 5.75. The molecule has 0 bridgehead atoms. The van der Waals surface area contributed by atoms with Crippen LogP contribution < -0.4 is 5.32 Å². The van der Waals surface area contributed by atoms with Gasteiger partial charge < -0.3 is 10.2 Å². The van der Waals surface area contributed by atoms with E-state index in [-0.39, 0.29) is 0 Å². The third-order valence-electron chi connectivity index (χ3n) is 4.26. The Balaban J connectivity index is 1.79. The lowest BCUT2D eigenvalue weighted by molar-refractivity contribution is 0.413. The van der Waals surface area contributed by atoms with E-state index in [1.165, 1.54) is 22.3 Å². The van der Waals surface area contributed by atoms with E-state index in [9.17, 15) is 0 Å². The topological polar surface area (TPSA) is 15.3 Å². The Bertz CT molecular complexity index is 857. The van der Waals surface area contributed by atoms with Crippen LogP contribution in [0.5, 0.6) is 0 Å². The average molecular weight is 361 g/mol. The van der Waals surface area contributed by atoms with Crippen LogP contribution in [0.15, 0.2) is 78.9 Å². The summed E-state index contributed by atoms with van der Waals surface area (Å²) in [6, 6.07) is 27.3. The van der Waals surface area contributed by atoms with E-state index in [1.54, 1.807) is 0 Å². The van der Waals surface area contributed by atoms with Gasteiger partial charge >= 0.3 is 0 Å². The average Bonchev–Trinajstić information content (AvgIpc) is 2.64. The van der Waals surface area contributed by atoms with Crippen molar-refractivity contribution in [1.29, 1.82) is 0 Å². The van der Waals surface area contributed by atoms with Gasteiger partial charge in [0.25, 0.3) is 0 Å². The normalized spacial score (nSPS) is 10.4.